The van der Waals surface area contributed by atoms with E-state index < -0.39 is 5.97 Å². The highest BCUT2D eigenvalue weighted by atomic mass is 16.5. The number of nitrogens with two attached hydrogens (primary N) is 1. The van der Waals surface area contributed by atoms with Crippen LogP contribution >= 0.6 is 0 Å². The van der Waals surface area contributed by atoms with E-state index in [1.54, 1.807) is 4.68 Å². The van der Waals surface area contributed by atoms with Crippen LogP contribution in [0.4, 0.5) is 5.82 Å². The number of nitrogens with zero attached hydrogens (tertiary/aromatic N) is 2. The van der Waals surface area contributed by atoms with Crippen LogP contribution in [-0.2, 0) is 4.74 Å². The normalized spacial score (nSPS) is 10.4. The number of esters is 1. The van der Waals surface area contributed by atoms with Crippen LogP contribution in [0.15, 0.2) is 24.3 Å². The van der Waals surface area contributed by atoms with Gasteiger partial charge in [-0.2, -0.15) is 5.10 Å². The average molecular weight is 245 g/mol. The smallest absolute Gasteiger partial charge is 0.358 e. The van der Waals surface area contributed by atoms with Crippen LogP contribution in [0, 0.1) is 13.8 Å². The molecule has 2 aromatic rings. The van der Waals surface area contributed by atoms with Gasteiger partial charge >= 0.3 is 5.97 Å². The number of nitrogen functional groups attached to an aromatic ring is 1. The molecule has 18 heavy (non-hydrogen) atoms. The van der Waals surface area contributed by atoms with Gasteiger partial charge in [-0.25, -0.2) is 9.48 Å². The van der Waals surface area contributed by atoms with Crippen molar-refractivity contribution in [3.63, 3.8) is 0 Å². The number of hydrogen-bond acceptors (Lipinski definition) is 4. The van der Waals surface area contributed by atoms with Crippen LogP contribution in [0.1, 0.15) is 21.6 Å². The number of carbonyl (C=O) groups is 1. The zero-order valence-corrected chi connectivity index (χ0v) is 10.6. The van der Waals surface area contributed by atoms with Crippen LogP contribution in [0.25, 0.3) is 5.69 Å². The van der Waals surface area contributed by atoms with Crippen molar-refractivity contribution in [2.45, 2.75) is 13.8 Å². The van der Waals surface area contributed by atoms with E-state index in [1.807, 2.05) is 32.0 Å². The molecular formula is C13H15N3O2. The van der Waals surface area contributed by atoms with E-state index >= 15 is 0 Å². The van der Waals surface area contributed by atoms with Crippen molar-refractivity contribution in [1.29, 1.82) is 0 Å². The summed E-state index contributed by atoms with van der Waals surface area (Å²) in [6.45, 7) is 3.96. The summed E-state index contributed by atoms with van der Waals surface area (Å²) in [4.78, 5) is 11.4. The number of hydrogen-bond donors (Lipinski definition) is 1. The number of aryl methyl sites for hydroxylation is 2. The number of aromatic nitrogens is 2. The number of methoxy groups -OCH3 is 1. The lowest BCUT2D eigenvalue weighted by molar-refractivity contribution is 0.0593. The summed E-state index contributed by atoms with van der Waals surface area (Å²) in [5, 5.41) is 4.17. The molecule has 0 unspecified atom stereocenters. The van der Waals surface area contributed by atoms with Crippen molar-refractivity contribution in [3.8, 4) is 5.69 Å². The van der Waals surface area contributed by atoms with Crippen molar-refractivity contribution < 1.29 is 9.53 Å². The number of rotatable bonds is 2. The fourth-order valence-corrected chi connectivity index (χ4v) is 1.74. The first-order valence-corrected chi connectivity index (χ1v) is 5.54. The Kier molecular flexibility index (Phi) is 3.06. The quantitative estimate of drug-likeness (QED) is 0.820. The first-order valence-electron chi connectivity index (χ1n) is 5.54. The van der Waals surface area contributed by atoms with Gasteiger partial charge in [0.2, 0.25) is 0 Å². The topological polar surface area (TPSA) is 70.1 Å². The summed E-state index contributed by atoms with van der Waals surface area (Å²) < 4.78 is 6.17. The third-order valence-corrected chi connectivity index (χ3v) is 2.72. The Balaban J connectivity index is 2.54. The highest BCUT2D eigenvalue weighted by Crippen LogP contribution is 2.19. The van der Waals surface area contributed by atoms with Gasteiger partial charge in [0.15, 0.2) is 5.69 Å². The van der Waals surface area contributed by atoms with Gasteiger partial charge in [0.05, 0.1) is 12.8 Å². The fraction of sp³-hybridized carbons (Fsp3) is 0.231. The summed E-state index contributed by atoms with van der Waals surface area (Å²) >= 11 is 0. The molecule has 1 aromatic heterocycles. The van der Waals surface area contributed by atoms with Gasteiger partial charge < -0.3 is 10.5 Å². The van der Waals surface area contributed by atoms with Crippen molar-refractivity contribution in [3.05, 3.63) is 41.1 Å². The van der Waals surface area contributed by atoms with Crippen molar-refractivity contribution in [1.82, 2.24) is 9.78 Å². The third kappa shape index (κ3) is 2.07. The monoisotopic (exact) mass is 245 g/mol. The molecule has 94 valence electrons. The van der Waals surface area contributed by atoms with Gasteiger partial charge in [0.25, 0.3) is 0 Å². The molecule has 0 aliphatic rings. The predicted octanol–water partition coefficient (Wildman–Crippen LogP) is 1.86. The average Bonchev–Trinajstić information content (AvgIpc) is 2.73. The first-order chi connectivity index (χ1) is 8.52. The molecule has 0 aliphatic carbocycles. The first kappa shape index (κ1) is 12.2. The standard InChI is InChI=1S/C13H15N3O2/c1-8-4-5-9(2)11(6-8)16-12(14)7-10(15-16)13(17)18-3/h4-7H,14H2,1-3H3. The maximum absolute atomic E-state index is 11.4. The Labute approximate surface area is 105 Å². The Morgan fingerprint density at radius 3 is 2.72 bits per heavy atom. The summed E-state index contributed by atoms with van der Waals surface area (Å²) in [6.07, 6.45) is 0. The highest BCUT2D eigenvalue weighted by Gasteiger charge is 2.15. The highest BCUT2D eigenvalue weighted by molar-refractivity contribution is 5.88. The molecule has 1 aromatic carbocycles. The van der Waals surface area contributed by atoms with Crippen LogP contribution in [-0.4, -0.2) is 22.9 Å². The SMILES string of the molecule is COC(=O)c1cc(N)n(-c2cc(C)ccc2C)n1. The second-order valence-electron chi connectivity index (χ2n) is 4.15. The lowest BCUT2D eigenvalue weighted by atomic mass is 10.1. The molecule has 5 nitrogen and oxygen atoms in total. The zero-order valence-electron chi connectivity index (χ0n) is 10.6. The van der Waals surface area contributed by atoms with Gasteiger partial charge in [-0.05, 0) is 31.0 Å². The predicted molar refractivity (Wildman–Crippen MR) is 68.8 cm³/mol. The Hall–Kier alpha value is -2.30. The minimum absolute atomic E-state index is 0.205. The third-order valence-electron chi connectivity index (χ3n) is 2.72. The van der Waals surface area contributed by atoms with E-state index in [1.165, 1.54) is 13.2 Å². The lowest BCUT2D eigenvalue weighted by Crippen LogP contribution is -2.06. The van der Waals surface area contributed by atoms with E-state index in [0.717, 1.165) is 16.8 Å². The zero-order chi connectivity index (χ0) is 13.3. The summed E-state index contributed by atoms with van der Waals surface area (Å²) in [5.41, 5.74) is 9.08. The minimum Gasteiger partial charge on any atom is -0.464 e. The lowest BCUT2D eigenvalue weighted by Gasteiger charge is -2.08. The number of carbonyl (C=O) groups excluding carboxylic acids is 1. The molecule has 0 saturated carbocycles. The maximum Gasteiger partial charge on any atom is 0.358 e. The number of anilines is 1. The summed E-state index contributed by atoms with van der Waals surface area (Å²) in [5.74, 6) is -0.0881. The maximum atomic E-state index is 11.4. The molecule has 2 rings (SSSR count). The number of ether oxygens (including phenoxy) is 1. The van der Waals surface area contributed by atoms with E-state index in [-0.39, 0.29) is 5.69 Å². The van der Waals surface area contributed by atoms with Crippen LogP contribution in [0.5, 0.6) is 0 Å². The number of benzene rings is 1. The van der Waals surface area contributed by atoms with Gasteiger partial charge in [-0.3, -0.25) is 0 Å². The fourth-order valence-electron chi connectivity index (χ4n) is 1.74. The molecule has 0 spiro atoms. The van der Waals surface area contributed by atoms with Gasteiger partial charge in [-0.15, -0.1) is 0 Å². The molecular weight excluding hydrogens is 230 g/mol. The Morgan fingerprint density at radius 2 is 2.06 bits per heavy atom. The molecule has 2 N–H and O–H groups in total. The van der Waals surface area contributed by atoms with Gasteiger partial charge in [0.1, 0.15) is 5.82 Å². The molecule has 0 fully saturated rings. The Bertz CT molecular complexity index is 602. The van der Waals surface area contributed by atoms with E-state index in [4.69, 9.17) is 5.73 Å². The van der Waals surface area contributed by atoms with Crippen molar-refractivity contribution in [2.75, 3.05) is 12.8 Å². The van der Waals surface area contributed by atoms with E-state index in [2.05, 4.69) is 9.84 Å². The van der Waals surface area contributed by atoms with Crippen LogP contribution in [0.2, 0.25) is 0 Å². The van der Waals surface area contributed by atoms with Gasteiger partial charge in [-0.1, -0.05) is 12.1 Å². The van der Waals surface area contributed by atoms with Crippen LogP contribution in [0.3, 0.4) is 0 Å². The Morgan fingerprint density at radius 1 is 1.33 bits per heavy atom. The second kappa shape index (κ2) is 4.52. The van der Waals surface area contributed by atoms with E-state index in [9.17, 15) is 4.79 Å². The second-order valence-corrected chi connectivity index (χ2v) is 4.15. The van der Waals surface area contributed by atoms with Crippen molar-refractivity contribution in [2.24, 2.45) is 0 Å². The van der Waals surface area contributed by atoms with Crippen molar-refractivity contribution >= 4 is 11.8 Å². The largest absolute Gasteiger partial charge is 0.464 e. The molecule has 0 bridgehead atoms. The van der Waals surface area contributed by atoms with E-state index in [0.29, 0.717) is 5.82 Å². The molecule has 0 amide bonds. The van der Waals surface area contributed by atoms with Gasteiger partial charge in [0, 0.05) is 6.07 Å². The molecule has 5 heteroatoms. The summed E-state index contributed by atoms with van der Waals surface area (Å²) in [7, 11) is 1.31. The molecule has 0 radical (unpaired) electrons. The molecule has 1 heterocycles. The minimum atomic E-state index is -0.495. The molecule has 0 atom stereocenters. The summed E-state index contributed by atoms with van der Waals surface area (Å²) in [6, 6.07) is 7.48. The van der Waals surface area contributed by atoms with Crippen LogP contribution < -0.4 is 5.73 Å². The molecule has 0 saturated heterocycles. The molecule has 0 aliphatic heterocycles.